The van der Waals surface area contributed by atoms with Crippen molar-refractivity contribution in [2.75, 3.05) is 13.1 Å². The molecule has 2 nitrogen and oxygen atoms in total. The zero-order valence-corrected chi connectivity index (χ0v) is 10.4. The largest absolute Gasteiger partial charge is 0.401 e. The lowest BCUT2D eigenvalue weighted by atomic mass is 10.1. The van der Waals surface area contributed by atoms with E-state index in [4.69, 9.17) is 0 Å². The molecule has 110 valence electrons. The van der Waals surface area contributed by atoms with Crippen LogP contribution >= 0.6 is 0 Å². The third-order valence-corrected chi connectivity index (χ3v) is 2.29. The molecule has 0 aliphatic heterocycles. The maximum Gasteiger partial charge on any atom is 0.401 e. The van der Waals surface area contributed by atoms with Gasteiger partial charge in [0.1, 0.15) is 0 Å². The average molecular weight is 280 g/mol. The van der Waals surface area contributed by atoms with Crippen LogP contribution in [0, 0.1) is 5.92 Å². The molecular formula is C10H18F6N2. The lowest BCUT2D eigenvalue weighted by Gasteiger charge is -2.25. The Hall–Kier alpha value is -0.500. The van der Waals surface area contributed by atoms with Gasteiger partial charge >= 0.3 is 12.4 Å². The van der Waals surface area contributed by atoms with Gasteiger partial charge in [-0.15, -0.1) is 0 Å². The van der Waals surface area contributed by atoms with Crippen LogP contribution in [0.2, 0.25) is 0 Å². The van der Waals surface area contributed by atoms with E-state index in [0.29, 0.717) is 6.54 Å². The summed E-state index contributed by atoms with van der Waals surface area (Å²) in [6, 6.07) is -0.352. The lowest BCUT2D eigenvalue weighted by Crippen LogP contribution is -2.48. The topological polar surface area (TPSA) is 24.1 Å². The number of nitrogens with one attached hydrogen (secondary N) is 2. The summed E-state index contributed by atoms with van der Waals surface area (Å²) in [5, 5.41) is 5.17. The predicted octanol–water partition coefficient (Wildman–Crippen LogP) is 2.70. The van der Waals surface area contributed by atoms with Crippen molar-refractivity contribution in [3.05, 3.63) is 0 Å². The van der Waals surface area contributed by atoms with Gasteiger partial charge in [-0.25, -0.2) is 0 Å². The van der Waals surface area contributed by atoms with Crippen LogP contribution in [-0.2, 0) is 0 Å². The summed E-state index contributed by atoms with van der Waals surface area (Å²) in [5.74, 6) is -3.33. The molecule has 0 saturated carbocycles. The first-order chi connectivity index (χ1) is 7.94. The second-order valence-corrected chi connectivity index (χ2v) is 4.51. The minimum atomic E-state index is -5.28. The van der Waals surface area contributed by atoms with Crippen molar-refractivity contribution in [2.24, 2.45) is 5.92 Å². The Kier molecular flexibility index (Phi) is 6.42. The molecule has 0 aliphatic carbocycles. The summed E-state index contributed by atoms with van der Waals surface area (Å²) in [6.45, 7) is 4.34. The number of halogens is 6. The highest BCUT2D eigenvalue weighted by Gasteiger charge is 2.56. The molecule has 0 rings (SSSR count). The summed E-state index contributed by atoms with van der Waals surface area (Å²) in [7, 11) is 0. The molecule has 0 saturated heterocycles. The monoisotopic (exact) mass is 280 g/mol. The summed E-state index contributed by atoms with van der Waals surface area (Å²) in [4.78, 5) is 0. The molecule has 0 aromatic heterocycles. The van der Waals surface area contributed by atoms with E-state index in [1.807, 2.05) is 13.8 Å². The maximum absolute atomic E-state index is 12.2. The summed E-state index contributed by atoms with van der Waals surface area (Å²) in [5.41, 5.74) is 0. The van der Waals surface area contributed by atoms with Crippen molar-refractivity contribution in [1.29, 1.82) is 0 Å². The molecule has 0 radical (unpaired) electrons. The van der Waals surface area contributed by atoms with Crippen molar-refractivity contribution in [3.8, 4) is 0 Å². The normalized spacial score (nSPS) is 15.5. The molecule has 0 heterocycles. The summed E-state index contributed by atoms with van der Waals surface area (Å²) < 4.78 is 73.2. The molecule has 0 aliphatic rings. The zero-order valence-electron chi connectivity index (χ0n) is 10.4. The second-order valence-electron chi connectivity index (χ2n) is 4.51. The van der Waals surface area contributed by atoms with Crippen LogP contribution in [0.3, 0.4) is 0 Å². The third-order valence-electron chi connectivity index (χ3n) is 2.29. The first kappa shape index (κ1) is 17.5. The fourth-order valence-electron chi connectivity index (χ4n) is 1.22. The molecule has 0 amide bonds. The number of hydrogen-bond acceptors (Lipinski definition) is 2. The molecule has 0 fully saturated rings. The molecule has 1 unspecified atom stereocenters. The Bertz CT molecular complexity index is 222. The van der Waals surface area contributed by atoms with Gasteiger partial charge in [0, 0.05) is 25.2 Å². The van der Waals surface area contributed by atoms with E-state index in [2.05, 4.69) is 10.6 Å². The van der Waals surface area contributed by atoms with E-state index in [1.54, 1.807) is 0 Å². The first-order valence-corrected chi connectivity index (χ1v) is 5.54. The van der Waals surface area contributed by atoms with Crippen molar-refractivity contribution < 1.29 is 26.3 Å². The minimum absolute atomic E-state index is 0.121. The quantitative estimate of drug-likeness (QED) is 0.731. The summed E-state index contributed by atoms with van der Waals surface area (Å²) in [6.07, 6.45) is -10.6. The van der Waals surface area contributed by atoms with Crippen molar-refractivity contribution >= 4 is 0 Å². The Labute approximate surface area is 102 Å². The van der Waals surface area contributed by atoms with Crippen molar-refractivity contribution in [1.82, 2.24) is 10.6 Å². The number of rotatable bonds is 6. The number of hydrogen-bond donors (Lipinski definition) is 2. The highest BCUT2D eigenvalue weighted by molar-refractivity contribution is 4.79. The van der Waals surface area contributed by atoms with Crippen LogP contribution < -0.4 is 10.6 Å². The first-order valence-electron chi connectivity index (χ1n) is 5.54. The smallest absolute Gasteiger partial charge is 0.313 e. The van der Waals surface area contributed by atoms with Gasteiger partial charge in [-0.3, -0.25) is 0 Å². The highest BCUT2D eigenvalue weighted by atomic mass is 19.4. The van der Waals surface area contributed by atoms with Crippen LogP contribution in [0.15, 0.2) is 0 Å². The van der Waals surface area contributed by atoms with Crippen molar-refractivity contribution in [3.63, 3.8) is 0 Å². The van der Waals surface area contributed by atoms with Crippen LogP contribution in [-0.4, -0.2) is 37.5 Å². The van der Waals surface area contributed by atoms with E-state index >= 15 is 0 Å². The van der Waals surface area contributed by atoms with Crippen LogP contribution in [0.5, 0.6) is 0 Å². The van der Waals surface area contributed by atoms with E-state index in [0.717, 1.165) is 0 Å². The van der Waals surface area contributed by atoms with Gasteiger partial charge in [-0.05, 0) is 6.92 Å². The molecule has 0 spiro atoms. The third kappa shape index (κ3) is 7.05. The average Bonchev–Trinajstić information content (AvgIpc) is 2.10. The Morgan fingerprint density at radius 1 is 0.778 bits per heavy atom. The molecule has 8 heteroatoms. The Morgan fingerprint density at radius 3 is 1.56 bits per heavy atom. The van der Waals surface area contributed by atoms with E-state index < -0.39 is 30.9 Å². The van der Waals surface area contributed by atoms with Gasteiger partial charge in [0.2, 0.25) is 0 Å². The fourth-order valence-corrected chi connectivity index (χ4v) is 1.22. The molecule has 0 bridgehead atoms. The predicted molar refractivity (Wildman–Crippen MR) is 56.2 cm³/mol. The maximum atomic E-state index is 12.2. The molecular weight excluding hydrogens is 262 g/mol. The van der Waals surface area contributed by atoms with Crippen LogP contribution in [0.25, 0.3) is 0 Å². The van der Waals surface area contributed by atoms with E-state index in [-0.39, 0.29) is 6.04 Å². The van der Waals surface area contributed by atoms with E-state index in [9.17, 15) is 26.3 Å². The fraction of sp³-hybridized carbons (Fsp3) is 1.00. The summed E-state index contributed by atoms with van der Waals surface area (Å²) >= 11 is 0. The second kappa shape index (κ2) is 6.60. The highest BCUT2D eigenvalue weighted by Crippen LogP contribution is 2.38. The molecule has 0 aromatic carbocycles. The molecule has 0 aromatic rings. The van der Waals surface area contributed by atoms with Gasteiger partial charge in [0.05, 0.1) is 0 Å². The van der Waals surface area contributed by atoms with Crippen molar-refractivity contribution in [2.45, 2.75) is 45.2 Å². The number of alkyl halides is 6. The molecule has 1 atom stereocenters. The standard InChI is InChI=1S/C10H18F6N2/c1-6(2)17-4-7(3)18-5-8(9(11,12)13)10(14,15)16/h6-8,17-18H,4-5H2,1-3H3. The van der Waals surface area contributed by atoms with Gasteiger partial charge in [-0.1, -0.05) is 13.8 Å². The van der Waals surface area contributed by atoms with E-state index in [1.165, 1.54) is 6.92 Å². The SMILES string of the molecule is CC(C)NCC(C)NCC(C(F)(F)F)C(F)(F)F. The van der Waals surface area contributed by atoms with Gasteiger partial charge in [0.15, 0.2) is 5.92 Å². The molecule has 2 N–H and O–H groups in total. The van der Waals surface area contributed by atoms with Gasteiger partial charge in [-0.2, -0.15) is 26.3 Å². The van der Waals surface area contributed by atoms with Crippen LogP contribution in [0.4, 0.5) is 26.3 Å². The lowest BCUT2D eigenvalue weighted by molar-refractivity contribution is -0.282. The van der Waals surface area contributed by atoms with Gasteiger partial charge < -0.3 is 10.6 Å². The van der Waals surface area contributed by atoms with Gasteiger partial charge in [0.25, 0.3) is 0 Å². The molecule has 18 heavy (non-hydrogen) atoms. The zero-order chi connectivity index (χ0) is 14.6. The minimum Gasteiger partial charge on any atom is -0.313 e. The Morgan fingerprint density at radius 2 is 1.22 bits per heavy atom. The van der Waals surface area contributed by atoms with Crippen LogP contribution in [0.1, 0.15) is 20.8 Å². The Balaban J connectivity index is 4.29.